The van der Waals surface area contributed by atoms with Crippen LogP contribution in [0.4, 0.5) is 0 Å². The van der Waals surface area contributed by atoms with E-state index in [2.05, 4.69) is 12.6 Å². The van der Waals surface area contributed by atoms with Crippen LogP contribution in [0.25, 0.3) is 0 Å². The van der Waals surface area contributed by atoms with Crippen molar-refractivity contribution in [1.29, 1.82) is 0 Å². The standard InChI is InChI=1S/C6H12O2S.C2H6/c7-4-5-2-1-3-6(9)8-5;1-2/h5-7,9H,1-4H2;1-2H3/t5?,6-;/m1./s1. The summed E-state index contributed by atoms with van der Waals surface area (Å²) in [6.45, 7) is 4.14. The Morgan fingerprint density at radius 3 is 2.45 bits per heavy atom. The fourth-order valence-electron chi connectivity index (χ4n) is 1.01. The molecule has 1 N–H and O–H groups in total. The first-order valence-corrected chi connectivity index (χ1v) is 4.79. The van der Waals surface area contributed by atoms with E-state index in [4.69, 9.17) is 9.84 Å². The van der Waals surface area contributed by atoms with E-state index in [1.54, 1.807) is 0 Å². The zero-order valence-electron chi connectivity index (χ0n) is 7.29. The fourth-order valence-corrected chi connectivity index (χ4v) is 1.37. The number of hydrogen-bond donors (Lipinski definition) is 2. The zero-order chi connectivity index (χ0) is 8.69. The smallest absolute Gasteiger partial charge is 0.100 e. The Hall–Kier alpha value is 0.270. The number of thiol groups is 1. The van der Waals surface area contributed by atoms with Crippen LogP contribution < -0.4 is 0 Å². The maximum absolute atomic E-state index is 8.65. The summed E-state index contributed by atoms with van der Waals surface area (Å²) in [6, 6.07) is 0. The van der Waals surface area contributed by atoms with Gasteiger partial charge in [-0.3, -0.25) is 0 Å². The molecule has 1 heterocycles. The van der Waals surface area contributed by atoms with E-state index in [9.17, 15) is 0 Å². The van der Waals surface area contributed by atoms with E-state index in [1.165, 1.54) is 0 Å². The first-order chi connectivity index (χ1) is 5.33. The summed E-state index contributed by atoms with van der Waals surface area (Å²) in [5.41, 5.74) is 0.0518. The minimum atomic E-state index is 0.0428. The Kier molecular flexibility index (Phi) is 7.12. The Balaban J connectivity index is 0.000000461. The molecule has 0 saturated carbocycles. The highest BCUT2D eigenvalue weighted by Gasteiger charge is 2.17. The highest BCUT2D eigenvalue weighted by Crippen LogP contribution is 2.20. The van der Waals surface area contributed by atoms with Crippen molar-refractivity contribution in [2.75, 3.05) is 6.61 Å². The van der Waals surface area contributed by atoms with Crippen molar-refractivity contribution in [1.82, 2.24) is 0 Å². The lowest BCUT2D eigenvalue weighted by molar-refractivity contribution is -0.0325. The van der Waals surface area contributed by atoms with Crippen LogP contribution in [0.15, 0.2) is 0 Å². The molecular formula is C8H18O2S. The molecule has 1 unspecified atom stereocenters. The largest absolute Gasteiger partial charge is 0.394 e. The molecule has 11 heavy (non-hydrogen) atoms. The SMILES string of the molecule is CC.OCC1CCC[C@@H](S)O1. The maximum Gasteiger partial charge on any atom is 0.100 e. The molecule has 1 rings (SSSR count). The van der Waals surface area contributed by atoms with Crippen LogP contribution >= 0.6 is 12.6 Å². The van der Waals surface area contributed by atoms with E-state index in [-0.39, 0.29) is 18.1 Å². The van der Waals surface area contributed by atoms with Gasteiger partial charge in [0, 0.05) is 0 Å². The van der Waals surface area contributed by atoms with Crippen molar-refractivity contribution in [3.63, 3.8) is 0 Å². The van der Waals surface area contributed by atoms with Crippen molar-refractivity contribution in [2.45, 2.75) is 44.6 Å². The highest BCUT2D eigenvalue weighted by molar-refractivity contribution is 7.80. The summed E-state index contributed by atoms with van der Waals surface area (Å²) in [6.07, 6.45) is 3.16. The molecule has 0 aliphatic carbocycles. The van der Waals surface area contributed by atoms with Gasteiger partial charge in [0.25, 0.3) is 0 Å². The molecule has 1 fully saturated rings. The lowest BCUT2D eigenvalue weighted by Gasteiger charge is -2.25. The number of aliphatic hydroxyl groups is 1. The van der Waals surface area contributed by atoms with Crippen LogP contribution in [-0.4, -0.2) is 23.3 Å². The molecule has 0 bridgehead atoms. The van der Waals surface area contributed by atoms with Gasteiger partial charge in [-0.1, -0.05) is 13.8 Å². The van der Waals surface area contributed by atoms with Gasteiger partial charge in [-0.15, -0.1) is 12.6 Å². The molecule has 0 aromatic heterocycles. The van der Waals surface area contributed by atoms with E-state index >= 15 is 0 Å². The zero-order valence-corrected chi connectivity index (χ0v) is 8.18. The second kappa shape index (κ2) is 6.95. The number of ether oxygens (including phenoxy) is 1. The average molecular weight is 178 g/mol. The van der Waals surface area contributed by atoms with Crippen LogP contribution in [-0.2, 0) is 4.74 Å². The second-order valence-corrected chi connectivity index (χ2v) is 2.90. The number of hydrogen-bond acceptors (Lipinski definition) is 3. The molecule has 2 nitrogen and oxygen atoms in total. The van der Waals surface area contributed by atoms with E-state index < -0.39 is 0 Å². The molecule has 0 amide bonds. The Morgan fingerprint density at radius 2 is 2.09 bits per heavy atom. The Bertz CT molecular complexity index is 88.2. The fraction of sp³-hybridized carbons (Fsp3) is 1.00. The Labute approximate surface area is 74.4 Å². The molecule has 0 aromatic carbocycles. The lowest BCUT2D eigenvalue weighted by atomic mass is 10.1. The molecule has 1 aliphatic rings. The second-order valence-electron chi connectivity index (χ2n) is 2.33. The van der Waals surface area contributed by atoms with Gasteiger partial charge in [0.15, 0.2) is 0 Å². The maximum atomic E-state index is 8.65. The van der Waals surface area contributed by atoms with Crippen LogP contribution in [0.2, 0.25) is 0 Å². The van der Waals surface area contributed by atoms with Gasteiger partial charge in [0.2, 0.25) is 0 Å². The number of rotatable bonds is 1. The van der Waals surface area contributed by atoms with Gasteiger partial charge in [-0.05, 0) is 19.3 Å². The molecule has 1 aliphatic heterocycles. The third-order valence-corrected chi connectivity index (χ3v) is 1.91. The predicted molar refractivity (Wildman–Crippen MR) is 49.9 cm³/mol. The first-order valence-electron chi connectivity index (χ1n) is 4.27. The van der Waals surface area contributed by atoms with Crippen molar-refractivity contribution in [3.8, 4) is 0 Å². The van der Waals surface area contributed by atoms with E-state index in [1.807, 2.05) is 13.8 Å². The Morgan fingerprint density at radius 1 is 1.45 bits per heavy atom. The third kappa shape index (κ3) is 4.67. The van der Waals surface area contributed by atoms with Gasteiger partial charge in [-0.2, -0.15) is 0 Å². The summed E-state index contributed by atoms with van der Waals surface area (Å²) in [4.78, 5) is 0. The first kappa shape index (κ1) is 11.3. The normalized spacial score (nSPS) is 30.5. The number of aliphatic hydroxyl groups excluding tert-OH is 1. The quantitative estimate of drug-likeness (QED) is 0.600. The topological polar surface area (TPSA) is 29.5 Å². The van der Waals surface area contributed by atoms with Crippen molar-refractivity contribution in [3.05, 3.63) is 0 Å². The summed E-state index contributed by atoms with van der Waals surface area (Å²) < 4.78 is 5.25. The minimum Gasteiger partial charge on any atom is -0.394 e. The van der Waals surface area contributed by atoms with Crippen molar-refractivity contribution in [2.24, 2.45) is 0 Å². The molecule has 2 atom stereocenters. The summed E-state index contributed by atoms with van der Waals surface area (Å²) in [5.74, 6) is 0. The monoisotopic (exact) mass is 178 g/mol. The van der Waals surface area contributed by atoms with Gasteiger partial charge in [-0.25, -0.2) is 0 Å². The van der Waals surface area contributed by atoms with Crippen LogP contribution in [0.3, 0.4) is 0 Å². The molecule has 1 saturated heterocycles. The van der Waals surface area contributed by atoms with Crippen LogP contribution in [0, 0.1) is 0 Å². The molecule has 0 aromatic rings. The molecule has 0 radical (unpaired) electrons. The molecule has 3 heteroatoms. The highest BCUT2D eigenvalue weighted by atomic mass is 32.1. The summed E-state index contributed by atoms with van der Waals surface area (Å²) in [5, 5.41) is 8.65. The molecule has 0 spiro atoms. The van der Waals surface area contributed by atoms with Gasteiger partial charge < -0.3 is 9.84 Å². The van der Waals surface area contributed by atoms with Gasteiger partial charge in [0.05, 0.1) is 12.7 Å². The van der Waals surface area contributed by atoms with E-state index in [0.717, 1.165) is 19.3 Å². The minimum absolute atomic E-state index is 0.0428. The average Bonchev–Trinajstić information content (AvgIpc) is 2.08. The summed E-state index contributed by atoms with van der Waals surface area (Å²) >= 11 is 4.14. The summed E-state index contributed by atoms with van der Waals surface area (Å²) in [7, 11) is 0. The van der Waals surface area contributed by atoms with Gasteiger partial charge >= 0.3 is 0 Å². The molecule has 68 valence electrons. The van der Waals surface area contributed by atoms with E-state index in [0.29, 0.717) is 0 Å². The molecular weight excluding hydrogens is 160 g/mol. The third-order valence-electron chi connectivity index (χ3n) is 1.53. The van der Waals surface area contributed by atoms with Crippen molar-refractivity contribution >= 4 is 12.6 Å². The van der Waals surface area contributed by atoms with Crippen molar-refractivity contribution < 1.29 is 9.84 Å². The van der Waals surface area contributed by atoms with Crippen LogP contribution in [0.5, 0.6) is 0 Å². The lowest BCUT2D eigenvalue weighted by Crippen LogP contribution is -2.26. The van der Waals surface area contributed by atoms with Crippen LogP contribution in [0.1, 0.15) is 33.1 Å². The van der Waals surface area contributed by atoms with Gasteiger partial charge in [0.1, 0.15) is 5.44 Å². The predicted octanol–water partition coefficient (Wildman–Crippen LogP) is 1.83.